The first-order valence-electron chi connectivity index (χ1n) is 10.1. The lowest BCUT2D eigenvalue weighted by atomic mass is 10.1. The minimum Gasteiger partial charge on any atom is -0.348 e. The van der Waals surface area contributed by atoms with Crippen LogP contribution in [0.5, 0.6) is 0 Å². The Morgan fingerprint density at radius 3 is 2.33 bits per heavy atom. The molecular weight excluding hydrogens is 438 g/mol. The van der Waals surface area contributed by atoms with Gasteiger partial charge in [-0.2, -0.15) is 5.10 Å². The standard InChI is InChI=1S/C24H21N5O3S/c30-24(26-16-20-6-12-23(13-7-20)29-18-25-17-27-29)21-8-10-22(11-9-21)28-33(31,32)15-14-19-4-2-1-3-5-19/h1-15,17-18,28H,16H2,(H,26,30)/b15-14+. The van der Waals surface area contributed by atoms with Crippen LogP contribution in [0.15, 0.2) is 96.9 Å². The quantitative estimate of drug-likeness (QED) is 0.419. The Morgan fingerprint density at radius 2 is 1.67 bits per heavy atom. The minimum atomic E-state index is -3.67. The van der Waals surface area contributed by atoms with Gasteiger partial charge in [-0.15, -0.1) is 0 Å². The molecule has 1 amide bonds. The first-order chi connectivity index (χ1) is 16.0. The zero-order chi connectivity index (χ0) is 23.1. The van der Waals surface area contributed by atoms with Gasteiger partial charge in [-0.05, 0) is 53.6 Å². The number of anilines is 1. The summed E-state index contributed by atoms with van der Waals surface area (Å²) < 4.78 is 28.6. The minimum absolute atomic E-state index is 0.256. The van der Waals surface area contributed by atoms with Crippen LogP contribution < -0.4 is 10.0 Å². The normalized spacial score (nSPS) is 11.4. The first kappa shape index (κ1) is 22.0. The van der Waals surface area contributed by atoms with Crippen molar-refractivity contribution < 1.29 is 13.2 Å². The maximum absolute atomic E-state index is 12.4. The Labute approximate surface area is 191 Å². The number of benzene rings is 3. The topological polar surface area (TPSA) is 106 Å². The fourth-order valence-electron chi connectivity index (χ4n) is 3.01. The molecule has 1 aromatic heterocycles. The van der Waals surface area contributed by atoms with Gasteiger partial charge in [0.15, 0.2) is 0 Å². The summed E-state index contributed by atoms with van der Waals surface area (Å²) in [5.41, 5.74) is 3.38. The molecule has 0 aliphatic carbocycles. The Kier molecular flexibility index (Phi) is 6.61. The SMILES string of the molecule is O=C(NCc1ccc(-n2cncn2)cc1)c1ccc(NS(=O)(=O)/C=C/c2ccccc2)cc1. The third-order valence-corrected chi connectivity index (χ3v) is 5.73. The molecule has 9 heteroatoms. The lowest BCUT2D eigenvalue weighted by Gasteiger charge is -2.08. The highest BCUT2D eigenvalue weighted by atomic mass is 32.2. The van der Waals surface area contributed by atoms with E-state index in [0.29, 0.717) is 17.8 Å². The molecule has 2 N–H and O–H groups in total. The molecule has 4 rings (SSSR count). The fourth-order valence-corrected chi connectivity index (χ4v) is 3.88. The molecular formula is C24H21N5O3S. The molecule has 0 radical (unpaired) electrons. The second-order valence-electron chi connectivity index (χ2n) is 7.13. The Hall–Kier alpha value is -4.24. The summed E-state index contributed by atoms with van der Waals surface area (Å²) >= 11 is 0. The van der Waals surface area contributed by atoms with Crippen LogP contribution in [0.25, 0.3) is 11.8 Å². The summed E-state index contributed by atoms with van der Waals surface area (Å²) in [4.78, 5) is 16.4. The molecule has 0 bridgehead atoms. The fraction of sp³-hybridized carbons (Fsp3) is 0.0417. The van der Waals surface area contributed by atoms with Gasteiger partial charge in [-0.1, -0.05) is 42.5 Å². The number of rotatable bonds is 8. The molecule has 0 unspecified atom stereocenters. The highest BCUT2D eigenvalue weighted by molar-refractivity contribution is 7.95. The van der Waals surface area contributed by atoms with Crippen LogP contribution in [-0.2, 0) is 16.6 Å². The van der Waals surface area contributed by atoms with Crippen molar-refractivity contribution in [1.29, 1.82) is 0 Å². The maximum atomic E-state index is 12.4. The summed E-state index contributed by atoms with van der Waals surface area (Å²) in [5.74, 6) is -0.256. The van der Waals surface area contributed by atoms with Gasteiger partial charge in [0, 0.05) is 17.8 Å². The summed E-state index contributed by atoms with van der Waals surface area (Å²) in [7, 11) is -3.67. The van der Waals surface area contributed by atoms with Gasteiger partial charge >= 0.3 is 0 Å². The second-order valence-corrected chi connectivity index (χ2v) is 8.69. The van der Waals surface area contributed by atoms with Gasteiger partial charge in [0.1, 0.15) is 12.7 Å². The van der Waals surface area contributed by atoms with E-state index in [1.165, 1.54) is 12.4 Å². The van der Waals surface area contributed by atoms with Crippen molar-refractivity contribution >= 4 is 27.7 Å². The van der Waals surface area contributed by atoms with Crippen molar-refractivity contribution in [2.24, 2.45) is 0 Å². The zero-order valence-electron chi connectivity index (χ0n) is 17.5. The van der Waals surface area contributed by atoms with E-state index in [0.717, 1.165) is 22.2 Å². The van der Waals surface area contributed by atoms with Crippen LogP contribution >= 0.6 is 0 Å². The van der Waals surface area contributed by atoms with E-state index in [-0.39, 0.29) is 5.91 Å². The molecule has 1 heterocycles. The molecule has 33 heavy (non-hydrogen) atoms. The van der Waals surface area contributed by atoms with Crippen molar-refractivity contribution in [1.82, 2.24) is 20.1 Å². The van der Waals surface area contributed by atoms with E-state index in [2.05, 4.69) is 20.1 Å². The van der Waals surface area contributed by atoms with E-state index in [1.54, 1.807) is 35.3 Å². The number of hydrogen-bond acceptors (Lipinski definition) is 5. The molecule has 0 fully saturated rings. The molecule has 0 spiro atoms. The van der Waals surface area contributed by atoms with Crippen LogP contribution in [0.4, 0.5) is 5.69 Å². The largest absolute Gasteiger partial charge is 0.348 e. The molecule has 8 nitrogen and oxygen atoms in total. The van der Waals surface area contributed by atoms with E-state index >= 15 is 0 Å². The van der Waals surface area contributed by atoms with Crippen molar-refractivity contribution in [3.63, 3.8) is 0 Å². The number of amides is 1. The van der Waals surface area contributed by atoms with E-state index in [9.17, 15) is 13.2 Å². The van der Waals surface area contributed by atoms with Crippen molar-refractivity contribution in [3.05, 3.63) is 114 Å². The highest BCUT2D eigenvalue weighted by Crippen LogP contribution is 2.14. The predicted octanol–water partition coefficient (Wildman–Crippen LogP) is 3.61. The predicted molar refractivity (Wildman–Crippen MR) is 127 cm³/mol. The maximum Gasteiger partial charge on any atom is 0.255 e. The molecule has 166 valence electrons. The molecule has 0 saturated heterocycles. The molecule has 0 saturated carbocycles. The average molecular weight is 460 g/mol. The third kappa shape index (κ3) is 6.14. The van der Waals surface area contributed by atoms with Gasteiger partial charge in [0.05, 0.1) is 11.1 Å². The van der Waals surface area contributed by atoms with E-state index in [4.69, 9.17) is 0 Å². The summed E-state index contributed by atoms with van der Waals surface area (Å²) in [5, 5.41) is 8.03. The van der Waals surface area contributed by atoms with E-state index in [1.807, 2.05) is 54.6 Å². The number of carbonyl (C=O) groups is 1. The van der Waals surface area contributed by atoms with Gasteiger partial charge in [-0.25, -0.2) is 18.1 Å². The van der Waals surface area contributed by atoms with E-state index < -0.39 is 10.0 Å². The molecule has 0 atom stereocenters. The number of hydrogen-bond donors (Lipinski definition) is 2. The Bertz CT molecular complexity index is 1330. The Morgan fingerprint density at radius 1 is 0.939 bits per heavy atom. The first-order valence-corrected chi connectivity index (χ1v) is 11.6. The number of nitrogens with zero attached hydrogens (tertiary/aromatic N) is 3. The Balaban J connectivity index is 1.32. The summed E-state index contributed by atoms with van der Waals surface area (Å²) in [6, 6.07) is 23.0. The highest BCUT2D eigenvalue weighted by Gasteiger charge is 2.09. The second kappa shape index (κ2) is 9.92. The van der Waals surface area contributed by atoms with Crippen LogP contribution in [-0.4, -0.2) is 29.1 Å². The van der Waals surface area contributed by atoms with Crippen molar-refractivity contribution in [3.8, 4) is 5.69 Å². The molecule has 4 aromatic rings. The number of sulfonamides is 1. The monoisotopic (exact) mass is 459 g/mol. The van der Waals surface area contributed by atoms with Crippen LogP contribution in [0.2, 0.25) is 0 Å². The number of aromatic nitrogens is 3. The summed E-state index contributed by atoms with van der Waals surface area (Å²) in [6.07, 6.45) is 4.59. The smallest absolute Gasteiger partial charge is 0.255 e. The van der Waals surface area contributed by atoms with Gasteiger partial charge < -0.3 is 5.32 Å². The molecule has 3 aromatic carbocycles. The third-order valence-electron chi connectivity index (χ3n) is 4.72. The van der Waals surface area contributed by atoms with Crippen molar-refractivity contribution in [2.45, 2.75) is 6.54 Å². The zero-order valence-corrected chi connectivity index (χ0v) is 18.3. The lowest BCUT2D eigenvalue weighted by Crippen LogP contribution is -2.22. The van der Waals surface area contributed by atoms with Crippen molar-refractivity contribution in [2.75, 3.05) is 4.72 Å². The average Bonchev–Trinajstić information content (AvgIpc) is 3.38. The lowest BCUT2D eigenvalue weighted by molar-refractivity contribution is 0.0951. The van der Waals surface area contributed by atoms with Gasteiger partial charge in [0.25, 0.3) is 15.9 Å². The van der Waals surface area contributed by atoms with Crippen LogP contribution in [0, 0.1) is 0 Å². The van der Waals surface area contributed by atoms with Gasteiger partial charge in [0.2, 0.25) is 0 Å². The van der Waals surface area contributed by atoms with Crippen LogP contribution in [0.1, 0.15) is 21.5 Å². The number of carbonyl (C=O) groups excluding carboxylic acids is 1. The summed E-state index contributed by atoms with van der Waals surface area (Å²) in [6.45, 7) is 0.356. The molecule has 0 aliphatic rings. The van der Waals surface area contributed by atoms with Gasteiger partial charge in [-0.3, -0.25) is 9.52 Å². The van der Waals surface area contributed by atoms with Crippen LogP contribution in [0.3, 0.4) is 0 Å². The molecule has 0 aliphatic heterocycles. The number of nitrogens with one attached hydrogen (secondary N) is 2.